The van der Waals surface area contributed by atoms with E-state index in [9.17, 15) is 4.79 Å². The van der Waals surface area contributed by atoms with E-state index in [0.717, 1.165) is 15.4 Å². The van der Waals surface area contributed by atoms with Crippen molar-refractivity contribution in [2.24, 2.45) is 7.05 Å². The van der Waals surface area contributed by atoms with Gasteiger partial charge in [0.2, 0.25) is 0 Å². The minimum Gasteiger partial charge on any atom is -0.310 e. The van der Waals surface area contributed by atoms with E-state index >= 15 is 0 Å². The Morgan fingerprint density at radius 2 is 2.15 bits per heavy atom. The Morgan fingerprint density at radius 1 is 1.38 bits per heavy atom. The van der Waals surface area contributed by atoms with Crippen molar-refractivity contribution in [2.45, 2.75) is 0 Å². The first-order valence-corrected chi connectivity index (χ1v) is 4.58. The number of fused-ring (bicyclic) bond motifs is 1. The second kappa shape index (κ2) is 2.96. The second-order valence-corrected chi connectivity index (χ2v) is 3.64. The number of hydrogen-bond acceptors (Lipinski definition) is 2. The molecule has 0 spiro atoms. The minimum absolute atomic E-state index is 0.0144. The molecule has 0 aliphatic carbocycles. The van der Waals surface area contributed by atoms with E-state index in [2.05, 4.69) is 20.9 Å². The van der Waals surface area contributed by atoms with Crippen molar-refractivity contribution in [3.05, 3.63) is 39.4 Å². The van der Waals surface area contributed by atoms with Crippen LogP contribution in [-0.4, -0.2) is 9.55 Å². The van der Waals surface area contributed by atoms with Crippen LogP contribution in [0.5, 0.6) is 0 Å². The summed E-state index contributed by atoms with van der Waals surface area (Å²) in [6.07, 6.45) is 3.42. The summed E-state index contributed by atoms with van der Waals surface area (Å²) in [5.41, 5.74) is 0.863. The van der Waals surface area contributed by atoms with Crippen molar-refractivity contribution in [2.75, 3.05) is 0 Å². The summed E-state index contributed by atoms with van der Waals surface area (Å²) in [6.45, 7) is 0. The Labute approximate surface area is 83.2 Å². The molecule has 0 aliphatic heterocycles. The number of halogens is 1. The van der Waals surface area contributed by atoms with Gasteiger partial charge in [0, 0.05) is 30.9 Å². The predicted octanol–water partition coefficient (Wildman–Crippen LogP) is 1.70. The molecule has 0 saturated heterocycles. The molecule has 0 aliphatic rings. The van der Waals surface area contributed by atoms with Crippen LogP contribution < -0.4 is 5.56 Å². The number of aryl methyl sites for hydroxylation is 1. The van der Waals surface area contributed by atoms with Crippen LogP contribution in [0, 0.1) is 0 Å². The van der Waals surface area contributed by atoms with Crippen LogP contribution >= 0.6 is 15.9 Å². The average molecular weight is 239 g/mol. The molecular formula is C9H7BrN2O. The van der Waals surface area contributed by atoms with E-state index in [0.29, 0.717) is 0 Å². The molecule has 66 valence electrons. The molecule has 0 atom stereocenters. The van der Waals surface area contributed by atoms with Gasteiger partial charge in [-0.3, -0.25) is 9.78 Å². The van der Waals surface area contributed by atoms with E-state index in [1.807, 2.05) is 0 Å². The molecule has 0 saturated carbocycles. The first-order valence-electron chi connectivity index (χ1n) is 3.79. The Hall–Kier alpha value is -1.16. The van der Waals surface area contributed by atoms with Gasteiger partial charge in [-0.05, 0) is 22.0 Å². The highest BCUT2D eigenvalue weighted by molar-refractivity contribution is 9.10. The number of pyridine rings is 2. The molecule has 4 heteroatoms. The lowest BCUT2D eigenvalue weighted by Crippen LogP contribution is -2.15. The molecule has 0 amide bonds. The Bertz CT molecular complexity index is 518. The van der Waals surface area contributed by atoms with Gasteiger partial charge in [0.05, 0.1) is 9.99 Å². The zero-order valence-corrected chi connectivity index (χ0v) is 8.58. The fraction of sp³-hybridized carbons (Fsp3) is 0.111. The van der Waals surface area contributed by atoms with Gasteiger partial charge >= 0.3 is 0 Å². The highest BCUT2D eigenvalue weighted by Crippen LogP contribution is 2.19. The molecule has 0 unspecified atom stereocenters. The maximum absolute atomic E-state index is 11.3. The van der Waals surface area contributed by atoms with E-state index in [1.165, 1.54) is 6.07 Å². The van der Waals surface area contributed by atoms with Crippen LogP contribution in [0.4, 0.5) is 0 Å². The Balaban J connectivity index is 3.05. The van der Waals surface area contributed by atoms with Gasteiger partial charge in [-0.1, -0.05) is 0 Å². The quantitative estimate of drug-likeness (QED) is 0.701. The fourth-order valence-corrected chi connectivity index (χ4v) is 1.92. The van der Waals surface area contributed by atoms with Gasteiger partial charge in [0.15, 0.2) is 0 Å². The predicted molar refractivity (Wildman–Crippen MR) is 54.7 cm³/mol. The molecule has 2 aromatic heterocycles. The molecule has 0 N–H and O–H groups in total. The summed E-state index contributed by atoms with van der Waals surface area (Å²) in [5, 5.41) is 0.955. The third-order valence-corrected chi connectivity index (χ3v) is 2.55. The number of hydrogen-bond donors (Lipinski definition) is 0. The molecule has 2 heterocycles. The van der Waals surface area contributed by atoms with Gasteiger partial charge in [-0.25, -0.2) is 0 Å². The monoisotopic (exact) mass is 238 g/mol. The molecule has 13 heavy (non-hydrogen) atoms. The first kappa shape index (κ1) is 8.44. The van der Waals surface area contributed by atoms with E-state index in [4.69, 9.17) is 0 Å². The summed E-state index contributed by atoms with van der Waals surface area (Å²) in [7, 11) is 1.75. The Morgan fingerprint density at radius 3 is 2.92 bits per heavy atom. The van der Waals surface area contributed by atoms with Crippen LogP contribution in [0.15, 0.2) is 33.8 Å². The highest BCUT2D eigenvalue weighted by atomic mass is 79.9. The van der Waals surface area contributed by atoms with Crippen LogP contribution in [0.3, 0.4) is 0 Å². The molecule has 0 aromatic carbocycles. The summed E-state index contributed by atoms with van der Waals surface area (Å²) < 4.78 is 2.44. The van der Waals surface area contributed by atoms with Gasteiger partial charge < -0.3 is 4.57 Å². The average Bonchev–Trinajstić information content (AvgIpc) is 2.12. The van der Waals surface area contributed by atoms with Crippen molar-refractivity contribution >= 4 is 26.8 Å². The minimum atomic E-state index is -0.0144. The zero-order chi connectivity index (χ0) is 9.42. The van der Waals surface area contributed by atoms with Crippen molar-refractivity contribution < 1.29 is 0 Å². The summed E-state index contributed by atoms with van der Waals surface area (Å²) >= 11 is 3.36. The first-order chi connectivity index (χ1) is 6.20. The van der Waals surface area contributed by atoms with Gasteiger partial charge in [-0.2, -0.15) is 0 Å². The molecule has 0 radical (unpaired) electrons. The van der Waals surface area contributed by atoms with E-state index in [-0.39, 0.29) is 5.56 Å². The Kier molecular flexibility index (Phi) is 1.92. The second-order valence-electron chi connectivity index (χ2n) is 2.79. The smallest absolute Gasteiger partial charge is 0.250 e. The zero-order valence-electron chi connectivity index (χ0n) is 6.99. The summed E-state index contributed by atoms with van der Waals surface area (Å²) in [4.78, 5) is 15.3. The molecule has 2 rings (SSSR count). The van der Waals surface area contributed by atoms with Crippen molar-refractivity contribution in [3.8, 4) is 0 Å². The standard InChI is InChI=1S/C9H7BrN2O/c1-12-8(13)3-2-6-4-11-5-7(10)9(6)12/h2-5H,1H3. The third-order valence-electron chi connectivity index (χ3n) is 1.97. The van der Waals surface area contributed by atoms with Crippen LogP contribution in [0.2, 0.25) is 0 Å². The lowest BCUT2D eigenvalue weighted by molar-refractivity contribution is 0.902. The van der Waals surface area contributed by atoms with E-state index < -0.39 is 0 Å². The van der Waals surface area contributed by atoms with Crippen LogP contribution in [-0.2, 0) is 7.05 Å². The molecule has 0 fully saturated rings. The highest BCUT2D eigenvalue weighted by Gasteiger charge is 2.02. The van der Waals surface area contributed by atoms with Gasteiger partial charge in [0.1, 0.15) is 0 Å². The van der Waals surface area contributed by atoms with E-state index in [1.54, 1.807) is 30.1 Å². The lowest BCUT2D eigenvalue weighted by Gasteiger charge is -2.04. The normalized spacial score (nSPS) is 10.6. The van der Waals surface area contributed by atoms with Crippen molar-refractivity contribution in [1.29, 1.82) is 0 Å². The van der Waals surface area contributed by atoms with Crippen LogP contribution in [0.25, 0.3) is 10.9 Å². The topological polar surface area (TPSA) is 34.9 Å². The van der Waals surface area contributed by atoms with Crippen molar-refractivity contribution in [1.82, 2.24) is 9.55 Å². The van der Waals surface area contributed by atoms with Crippen molar-refractivity contribution in [3.63, 3.8) is 0 Å². The van der Waals surface area contributed by atoms with Gasteiger partial charge in [-0.15, -0.1) is 0 Å². The largest absolute Gasteiger partial charge is 0.310 e. The molecular weight excluding hydrogens is 232 g/mol. The lowest BCUT2D eigenvalue weighted by atomic mass is 10.3. The van der Waals surface area contributed by atoms with Crippen LogP contribution in [0.1, 0.15) is 0 Å². The third kappa shape index (κ3) is 1.27. The molecule has 3 nitrogen and oxygen atoms in total. The number of rotatable bonds is 0. The maximum Gasteiger partial charge on any atom is 0.250 e. The van der Waals surface area contributed by atoms with Gasteiger partial charge in [0.25, 0.3) is 5.56 Å². The maximum atomic E-state index is 11.3. The molecule has 2 aromatic rings. The number of aromatic nitrogens is 2. The fourth-order valence-electron chi connectivity index (χ4n) is 1.30. The molecule has 0 bridgehead atoms. The number of nitrogens with zero attached hydrogens (tertiary/aromatic N) is 2. The SMILES string of the molecule is Cn1c(=O)ccc2cncc(Br)c21. The summed E-state index contributed by atoms with van der Waals surface area (Å²) in [5.74, 6) is 0. The summed E-state index contributed by atoms with van der Waals surface area (Å²) in [6, 6.07) is 3.31.